The van der Waals surface area contributed by atoms with Crippen molar-refractivity contribution in [2.45, 2.75) is 25.4 Å². The maximum atomic E-state index is 13.3. The van der Waals surface area contributed by atoms with Gasteiger partial charge in [0.25, 0.3) is 11.8 Å². The number of hydrogen-bond acceptors (Lipinski definition) is 3. The number of benzene rings is 3. The first-order valence-corrected chi connectivity index (χ1v) is 10.7. The van der Waals surface area contributed by atoms with Gasteiger partial charge in [-0.05, 0) is 41.3 Å². The first-order chi connectivity index (χ1) is 15.5. The van der Waals surface area contributed by atoms with Crippen LogP contribution >= 0.6 is 0 Å². The third-order valence-electron chi connectivity index (χ3n) is 6.36. The number of amides is 3. The molecular weight excluding hydrogens is 406 g/mol. The predicted molar refractivity (Wildman–Crippen MR) is 121 cm³/mol. The Morgan fingerprint density at radius 3 is 2.62 bits per heavy atom. The molecule has 2 heterocycles. The lowest BCUT2D eigenvalue weighted by Crippen LogP contribution is -2.49. The molecule has 0 radical (unpaired) electrons. The van der Waals surface area contributed by atoms with Crippen molar-refractivity contribution in [1.29, 1.82) is 0 Å². The Labute approximate surface area is 185 Å². The second-order valence-electron chi connectivity index (χ2n) is 8.28. The molecule has 5 rings (SSSR count). The SMILES string of the molecule is O=C(Nc1cccc2c1C(=O)N(C1CCCN(C(=O)O)C1)C2)c1cccc2ccccc12. The van der Waals surface area contributed by atoms with Crippen LogP contribution in [0.1, 0.15) is 39.1 Å². The van der Waals surface area contributed by atoms with Gasteiger partial charge >= 0.3 is 6.09 Å². The smallest absolute Gasteiger partial charge is 0.407 e. The number of fused-ring (bicyclic) bond motifs is 2. The van der Waals surface area contributed by atoms with Gasteiger partial charge in [0.1, 0.15) is 0 Å². The summed E-state index contributed by atoms with van der Waals surface area (Å²) in [6.07, 6.45) is 0.532. The molecule has 1 unspecified atom stereocenters. The van der Waals surface area contributed by atoms with Crippen LogP contribution in [0, 0.1) is 0 Å². The summed E-state index contributed by atoms with van der Waals surface area (Å²) in [7, 11) is 0. The van der Waals surface area contributed by atoms with E-state index in [2.05, 4.69) is 5.32 Å². The highest BCUT2D eigenvalue weighted by atomic mass is 16.4. The lowest BCUT2D eigenvalue weighted by molar-refractivity contribution is 0.0560. The number of hydrogen-bond donors (Lipinski definition) is 2. The molecule has 2 aliphatic heterocycles. The molecule has 3 amide bonds. The summed E-state index contributed by atoms with van der Waals surface area (Å²) in [5, 5.41) is 14.1. The minimum atomic E-state index is -0.957. The molecule has 1 fully saturated rings. The van der Waals surface area contributed by atoms with Gasteiger partial charge in [-0.1, -0.05) is 48.5 Å². The van der Waals surface area contributed by atoms with E-state index in [1.807, 2.05) is 48.5 Å². The van der Waals surface area contributed by atoms with Crippen molar-refractivity contribution in [3.8, 4) is 0 Å². The van der Waals surface area contributed by atoms with Gasteiger partial charge in [-0.15, -0.1) is 0 Å². The van der Waals surface area contributed by atoms with Crippen LogP contribution in [0.15, 0.2) is 60.7 Å². The Balaban J connectivity index is 1.41. The molecule has 0 spiro atoms. The normalized spacial score (nSPS) is 18.0. The summed E-state index contributed by atoms with van der Waals surface area (Å²) in [6.45, 7) is 1.23. The van der Waals surface area contributed by atoms with Crippen LogP contribution in [-0.2, 0) is 6.54 Å². The van der Waals surface area contributed by atoms with E-state index in [4.69, 9.17) is 0 Å². The maximum absolute atomic E-state index is 13.3. The second kappa shape index (κ2) is 8.00. The highest BCUT2D eigenvalue weighted by Crippen LogP contribution is 2.33. The van der Waals surface area contributed by atoms with Crippen LogP contribution in [-0.4, -0.2) is 51.9 Å². The van der Waals surface area contributed by atoms with Crippen molar-refractivity contribution in [3.63, 3.8) is 0 Å². The van der Waals surface area contributed by atoms with E-state index in [1.165, 1.54) is 4.90 Å². The zero-order chi connectivity index (χ0) is 22.2. The van der Waals surface area contributed by atoms with Gasteiger partial charge in [-0.3, -0.25) is 9.59 Å². The largest absolute Gasteiger partial charge is 0.465 e. The zero-order valence-electron chi connectivity index (χ0n) is 17.5. The van der Waals surface area contributed by atoms with Crippen LogP contribution in [0.4, 0.5) is 10.5 Å². The van der Waals surface area contributed by atoms with E-state index in [9.17, 15) is 19.5 Å². The summed E-state index contributed by atoms with van der Waals surface area (Å²) >= 11 is 0. The molecule has 2 N–H and O–H groups in total. The molecule has 32 heavy (non-hydrogen) atoms. The van der Waals surface area contributed by atoms with Gasteiger partial charge in [-0.25, -0.2) is 4.79 Å². The van der Waals surface area contributed by atoms with Crippen molar-refractivity contribution in [3.05, 3.63) is 77.4 Å². The fourth-order valence-corrected chi connectivity index (χ4v) is 4.78. The topological polar surface area (TPSA) is 90.0 Å². The number of carbonyl (C=O) groups is 3. The number of carboxylic acid groups (broad SMARTS) is 1. The number of nitrogens with zero attached hydrogens (tertiary/aromatic N) is 2. The van der Waals surface area contributed by atoms with Crippen molar-refractivity contribution >= 4 is 34.4 Å². The van der Waals surface area contributed by atoms with Crippen LogP contribution in [0.2, 0.25) is 0 Å². The van der Waals surface area contributed by atoms with Crippen molar-refractivity contribution in [2.75, 3.05) is 18.4 Å². The standard InChI is InChI=1S/C25H23N3O4/c29-23(20-11-3-7-16-6-1-2-10-19(16)20)26-21-12-4-8-17-14-28(24(30)22(17)21)18-9-5-13-27(15-18)25(31)32/h1-4,6-8,10-12,18H,5,9,13-15H2,(H,26,29)(H,31,32). The quantitative estimate of drug-likeness (QED) is 0.653. The molecular formula is C25H23N3O4. The Hall–Kier alpha value is -3.87. The fraction of sp³-hybridized carbons (Fsp3) is 0.240. The highest BCUT2D eigenvalue weighted by Gasteiger charge is 2.37. The minimum Gasteiger partial charge on any atom is -0.465 e. The number of carbonyl (C=O) groups excluding carboxylic acids is 2. The highest BCUT2D eigenvalue weighted by molar-refractivity contribution is 6.15. The molecule has 0 aliphatic carbocycles. The molecule has 1 atom stereocenters. The Morgan fingerprint density at radius 2 is 1.78 bits per heavy atom. The summed E-state index contributed by atoms with van der Waals surface area (Å²) < 4.78 is 0. The maximum Gasteiger partial charge on any atom is 0.407 e. The number of rotatable bonds is 3. The summed E-state index contributed by atoms with van der Waals surface area (Å²) in [6, 6.07) is 18.6. The lowest BCUT2D eigenvalue weighted by Gasteiger charge is -2.36. The number of likely N-dealkylation sites (tertiary alicyclic amines) is 1. The van der Waals surface area contributed by atoms with Crippen molar-refractivity contribution < 1.29 is 19.5 Å². The van der Waals surface area contributed by atoms with Gasteiger partial charge in [0.2, 0.25) is 0 Å². The third kappa shape index (κ3) is 3.45. The van der Waals surface area contributed by atoms with E-state index in [0.717, 1.165) is 29.2 Å². The zero-order valence-corrected chi connectivity index (χ0v) is 17.5. The van der Waals surface area contributed by atoms with Gasteiger partial charge in [0, 0.05) is 25.2 Å². The Bertz CT molecular complexity index is 1230. The first kappa shape index (κ1) is 20.1. The minimum absolute atomic E-state index is 0.161. The lowest BCUT2D eigenvalue weighted by atomic mass is 10.0. The van der Waals surface area contributed by atoms with E-state index in [1.54, 1.807) is 17.0 Å². The van der Waals surface area contributed by atoms with Crippen molar-refractivity contribution in [2.24, 2.45) is 0 Å². The average Bonchev–Trinajstić information content (AvgIpc) is 3.16. The predicted octanol–water partition coefficient (Wildman–Crippen LogP) is 4.19. The average molecular weight is 429 g/mol. The molecule has 0 saturated carbocycles. The van der Waals surface area contributed by atoms with Crippen LogP contribution in [0.25, 0.3) is 10.8 Å². The molecule has 7 heteroatoms. The third-order valence-corrected chi connectivity index (χ3v) is 6.36. The van der Waals surface area contributed by atoms with Crippen LogP contribution in [0.5, 0.6) is 0 Å². The summed E-state index contributed by atoms with van der Waals surface area (Å²) in [5.74, 6) is -0.428. The molecule has 162 valence electrons. The summed E-state index contributed by atoms with van der Waals surface area (Å²) in [5.41, 5.74) is 2.37. The molecule has 1 saturated heterocycles. The number of anilines is 1. The van der Waals surface area contributed by atoms with E-state index < -0.39 is 6.09 Å². The van der Waals surface area contributed by atoms with Gasteiger partial charge in [0.05, 0.1) is 17.3 Å². The molecule has 2 aliphatic rings. The number of nitrogens with one attached hydrogen (secondary N) is 1. The molecule has 3 aromatic rings. The number of piperidine rings is 1. The second-order valence-corrected chi connectivity index (χ2v) is 8.28. The molecule has 0 aromatic heterocycles. The van der Waals surface area contributed by atoms with E-state index in [-0.39, 0.29) is 17.9 Å². The van der Waals surface area contributed by atoms with Crippen LogP contribution < -0.4 is 5.32 Å². The molecule has 3 aromatic carbocycles. The first-order valence-electron chi connectivity index (χ1n) is 10.7. The fourth-order valence-electron chi connectivity index (χ4n) is 4.78. The summed E-state index contributed by atoms with van der Waals surface area (Å²) in [4.78, 5) is 41.0. The van der Waals surface area contributed by atoms with Gasteiger partial charge in [-0.2, -0.15) is 0 Å². The monoisotopic (exact) mass is 429 g/mol. The Morgan fingerprint density at radius 1 is 1.00 bits per heavy atom. The van der Waals surface area contributed by atoms with Gasteiger partial charge in [0.15, 0.2) is 0 Å². The molecule has 0 bridgehead atoms. The Kier molecular flexibility index (Phi) is 5.01. The molecule has 7 nitrogen and oxygen atoms in total. The van der Waals surface area contributed by atoms with Gasteiger partial charge < -0.3 is 20.2 Å². The van der Waals surface area contributed by atoms with E-state index >= 15 is 0 Å². The van der Waals surface area contributed by atoms with Crippen molar-refractivity contribution in [1.82, 2.24) is 9.80 Å². The van der Waals surface area contributed by atoms with E-state index in [0.29, 0.717) is 36.4 Å². The van der Waals surface area contributed by atoms with Crippen LogP contribution in [0.3, 0.4) is 0 Å².